The molecular formula is C14H18N4O3S2. The van der Waals surface area contributed by atoms with Crippen LogP contribution in [0.5, 0.6) is 0 Å². The second-order valence-electron chi connectivity index (χ2n) is 5.48. The molecule has 1 aliphatic rings. The van der Waals surface area contributed by atoms with Crippen molar-refractivity contribution in [3.63, 3.8) is 0 Å². The lowest BCUT2D eigenvalue weighted by Gasteiger charge is -2.32. The summed E-state index contributed by atoms with van der Waals surface area (Å²) < 4.78 is 26.7. The summed E-state index contributed by atoms with van der Waals surface area (Å²) in [5.74, 6) is -0.186. The molecule has 0 unspecified atom stereocenters. The molecule has 0 saturated heterocycles. The van der Waals surface area contributed by atoms with Gasteiger partial charge in [0.25, 0.3) is 0 Å². The summed E-state index contributed by atoms with van der Waals surface area (Å²) in [6, 6.07) is 3.42. The summed E-state index contributed by atoms with van der Waals surface area (Å²) in [4.78, 5) is 17.7. The molecule has 0 radical (unpaired) electrons. The van der Waals surface area contributed by atoms with Crippen LogP contribution in [0.4, 0.5) is 0 Å². The fourth-order valence-corrected chi connectivity index (χ4v) is 4.09. The third kappa shape index (κ3) is 3.62. The van der Waals surface area contributed by atoms with E-state index in [0.717, 1.165) is 18.4 Å². The molecule has 23 heavy (non-hydrogen) atoms. The molecular weight excluding hydrogens is 336 g/mol. The van der Waals surface area contributed by atoms with Gasteiger partial charge in [-0.05, 0) is 17.9 Å². The molecule has 124 valence electrons. The topological polar surface area (TPSA) is 84.3 Å². The lowest BCUT2D eigenvalue weighted by Crippen LogP contribution is -2.46. The molecule has 0 spiro atoms. The first-order chi connectivity index (χ1) is 10.9. The van der Waals surface area contributed by atoms with Gasteiger partial charge in [-0.2, -0.15) is 4.31 Å². The van der Waals surface area contributed by atoms with Gasteiger partial charge in [-0.1, -0.05) is 6.07 Å². The molecule has 1 N–H and O–H groups in total. The molecule has 0 aromatic carbocycles. The van der Waals surface area contributed by atoms with E-state index >= 15 is 0 Å². The lowest BCUT2D eigenvalue weighted by molar-refractivity contribution is -0.125. The average Bonchev–Trinajstić information content (AvgIpc) is 3.15. The zero-order valence-electron chi connectivity index (χ0n) is 12.7. The SMILES string of the molecule is CS(=O)(=O)N1Cc2cncn2[C@H](C(=O)NCCc2cccs2)C1. The van der Waals surface area contributed by atoms with Crippen molar-refractivity contribution in [2.45, 2.75) is 19.0 Å². The van der Waals surface area contributed by atoms with Crippen molar-refractivity contribution >= 4 is 27.3 Å². The summed E-state index contributed by atoms with van der Waals surface area (Å²) in [6.45, 7) is 0.906. The maximum atomic E-state index is 12.5. The zero-order valence-corrected chi connectivity index (χ0v) is 14.3. The average molecular weight is 354 g/mol. The molecule has 0 fully saturated rings. The molecule has 3 rings (SSSR count). The Bertz CT molecular complexity index is 783. The fraction of sp³-hybridized carbons (Fsp3) is 0.429. The second-order valence-corrected chi connectivity index (χ2v) is 8.50. The Hall–Kier alpha value is -1.71. The van der Waals surface area contributed by atoms with E-state index in [1.165, 1.54) is 9.18 Å². The summed E-state index contributed by atoms with van der Waals surface area (Å²) in [6.07, 6.45) is 5.11. The molecule has 1 aliphatic heterocycles. The predicted octanol–water partition coefficient (Wildman–Crippen LogP) is 0.620. The standard InChI is InChI=1S/C14H18N4O3S2/c1-23(20,21)17-8-11-7-15-10-18(11)13(9-17)14(19)16-5-4-12-3-2-6-22-12/h2-3,6-7,10,13H,4-5,8-9H2,1H3,(H,16,19)/t13-/m0/s1. The van der Waals surface area contributed by atoms with Crippen molar-refractivity contribution in [3.05, 3.63) is 40.6 Å². The van der Waals surface area contributed by atoms with Gasteiger partial charge in [0.2, 0.25) is 15.9 Å². The molecule has 3 heterocycles. The molecule has 0 aliphatic carbocycles. The summed E-state index contributed by atoms with van der Waals surface area (Å²) in [5.41, 5.74) is 0.722. The number of nitrogens with zero attached hydrogens (tertiary/aromatic N) is 3. The van der Waals surface area contributed by atoms with E-state index in [0.29, 0.717) is 6.54 Å². The van der Waals surface area contributed by atoms with Crippen LogP contribution in [0.2, 0.25) is 0 Å². The first-order valence-electron chi connectivity index (χ1n) is 7.21. The number of hydrogen-bond donors (Lipinski definition) is 1. The Balaban J connectivity index is 1.69. The third-order valence-corrected chi connectivity index (χ3v) is 5.97. The second kappa shape index (κ2) is 6.42. The number of rotatable bonds is 5. The lowest BCUT2D eigenvalue weighted by atomic mass is 10.2. The number of imidazole rings is 1. The van der Waals surface area contributed by atoms with Crippen LogP contribution in [-0.4, -0.2) is 47.5 Å². The Labute approximate surface area is 139 Å². The minimum atomic E-state index is -3.35. The number of amides is 1. The van der Waals surface area contributed by atoms with Crippen molar-refractivity contribution in [1.82, 2.24) is 19.2 Å². The van der Waals surface area contributed by atoms with E-state index in [-0.39, 0.29) is 19.0 Å². The van der Waals surface area contributed by atoms with Gasteiger partial charge >= 0.3 is 0 Å². The molecule has 1 atom stereocenters. The van der Waals surface area contributed by atoms with Gasteiger partial charge < -0.3 is 9.88 Å². The summed E-state index contributed by atoms with van der Waals surface area (Å²) in [7, 11) is -3.35. The van der Waals surface area contributed by atoms with Gasteiger partial charge in [0.15, 0.2) is 0 Å². The van der Waals surface area contributed by atoms with E-state index in [1.54, 1.807) is 28.4 Å². The van der Waals surface area contributed by atoms with Crippen LogP contribution >= 0.6 is 11.3 Å². The number of aromatic nitrogens is 2. The monoisotopic (exact) mass is 354 g/mol. The van der Waals surface area contributed by atoms with Crippen molar-refractivity contribution in [2.75, 3.05) is 19.3 Å². The number of thiophene rings is 1. The first-order valence-corrected chi connectivity index (χ1v) is 9.94. The van der Waals surface area contributed by atoms with Gasteiger partial charge in [0.1, 0.15) is 6.04 Å². The quantitative estimate of drug-likeness (QED) is 0.853. The molecule has 0 saturated carbocycles. The number of carbonyl (C=O) groups excluding carboxylic acids is 1. The number of sulfonamides is 1. The largest absolute Gasteiger partial charge is 0.354 e. The zero-order chi connectivity index (χ0) is 16.4. The number of nitrogens with one attached hydrogen (secondary N) is 1. The van der Waals surface area contributed by atoms with Crippen molar-refractivity contribution in [1.29, 1.82) is 0 Å². The minimum Gasteiger partial charge on any atom is -0.354 e. The Morgan fingerprint density at radius 1 is 1.52 bits per heavy atom. The van der Waals surface area contributed by atoms with E-state index in [4.69, 9.17) is 0 Å². The Kier molecular flexibility index (Phi) is 4.51. The van der Waals surface area contributed by atoms with Crippen LogP contribution < -0.4 is 5.32 Å². The maximum Gasteiger partial charge on any atom is 0.244 e. The summed E-state index contributed by atoms with van der Waals surface area (Å²) in [5, 5.41) is 4.89. The van der Waals surface area contributed by atoms with Crippen molar-refractivity contribution in [3.8, 4) is 0 Å². The highest BCUT2D eigenvalue weighted by atomic mass is 32.2. The van der Waals surface area contributed by atoms with Gasteiger partial charge in [0, 0.05) is 24.2 Å². The van der Waals surface area contributed by atoms with Gasteiger partial charge in [-0.25, -0.2) is 13.4 Å². The third-order valence-electron chi connectivity index (χ3n) is 3.82. The molecule has 2 aromatic heterocycles. The molecule has 1 amide bonds. The van der Waals surface area contributed by atoms with Crippen LogP contribution in [0.1, 0.15) is 16.6 Å². The highest BCUT2D eigenvalue weighted by molar-refractivity contribution is 7.88. The minimum absolute atomic E-state index is 0.132. The van der Waals surface area contributed by atoms with Crippen LogP contribution in [0, 0.1) is 0 Å². The van der Waals surface area contributed by atoms with Crippen LogP contribution in [0.3, 0.4) is 0 Å². The van der Waals surface area contributed by atoms with Crippen molar-refractivity contribution in [2.24, 2.45) is 0 Å². The molecule has 7 nitrogen and oxygen atoms in total. The summed E-state index contributed by atoms with van der Waals surface area (Å²) >= 11 is 1.65. The van der Waals surface area contributed by atoms with Gasteiger partial charge in [-0.3, -0.25) is 4.79 Å². The smallest absolute Gasteiger partial charge is 0.244 e. The fourth-order valence-electron chi connectivity index (χ4n) is 2.60. The van der Waals surface area contributed by atoms with Gasteiger partial charge in [0.05, 0.1) is 24.8 Å². The van der Waals surface area contributed by atoms with Crippen LogP contribution in [-0.2, 0) is 27.8 Å². The number of carbonyl (C=O) groups is 1. The number of hydrogen-bond acceptors (Lipinski definition) is 5. The van der Waals surface area contributed by atoms with Crippen molar-refractivity contribution < 1.29 is 13.2 Å². The maximum absolute atomic E-state index is 12.5. The molecule has 0 bridgehead atoms. The van der Waals surface area contributed by atoms with Crippen LogP contribution in [0.15, 0.2) is 30.0 Å². The Morgan fingerprint density at radius 3 is 3.04 bits per heavy atom. The molecule has 2 aromatic rings. The van der Waals surface area contributed by atoms with E-state index in [1.807, 2.05) is 17.5 Å². The predicted molar refractivity (Wildman–Crippen MR) is 87.6 cm³/mol. The highest BCUT2D eigenvalue weighted by Gasteiger charge is 2.33. The van der Waals surface area contributed by atoms with E-state index in [9.17, 15) is 13.2 Å². The Morgan fingerprint density at radius 2 is 2.35 bits per heavy atom. The van der Waals surface area contributed by atoms with Gasteiger partial charge in [-0.15, -0.1) is 11.3 Å². The first kappa shape index (κ1) is 16.2. The van der Waals surface area contributed by atoms with E-state index < -0.39 is 16.1 Å². The normalized spacial score (nSPS) is 18.6. The van der Waals surface area contributed by atoms with Crippen LogP contribution in [0.25, 0.3) is 0 Å². The highest BCUT2D eigenvalue weighted by Crippen LogP contribution is 2.23. The van der Waals surface area contributed by atoms with E-state index in [2.05, 4.69) is 10.3 Å². The molecule has 9 heteroatoms. The number of fused-ring (bicyclic) bond motifs is 1.